The van der Waals surface area contributed by atoms with Crippen LogP contribution in [0.25, 0.3) is 0 Å². The number of rotatable bonds is 12. The second-order valence-corrected chi connectivity index (χ2v) is 6.86. The quantitative estimate of drug-likeness (QED) is 0.530. The van der Waals surface area contributed by atoms with E-state index in [-0.39, 0.29) is 24.3 Å². The lowest BCUT2D eigenvalue weighted by Gasteiger charge is -2.03. The van der Waals surface area contributed by atoms with Crippen LogP contribution in [-0.2, 0) is 19.4 Å². The molecular weight excluding hydrogens is 272 g/mol. The fourth-order valence-electron chi connectivity index (χ4n) is 1.65. The summed E-state index contributed by atoms with van der Waals surface area (Å²) in [7, 11) is -3.09. The first-order valence-electron chi connectivity index (χ1n) is 6.47. The molecule has 0 unspecified atom stereocenters. The predicted molar refractivity (Wildman–Crippen MR) is 70.9 cm³/mol. The molecular formula is C12H22O6S. The maximum Gasteiger partial charge on any atom is 0.303 e. The Kier molecular flexibility index (Phi) is 9.20. The average Bonchev–Trinajstić information content (AvgIpc) is 2.28. The Bertz CT molecular complexity index is 374. The van der Waals surface area contributed by atoms with Gasteiger partial charge in [0.2, 0.25) is 0 Å². The molecule has 0 amide bonds. The third kappa shape index (κ3) is 13.1. The van der Waals surface area contributed by atoms with Crippen LogP contribution in [0.3, 0.4) is 0 Å². The van der Waals surface area contributed by atoms with Gasteiger partial charge in [0.15, 0.2) is 0 Å². The molecule has 0 aromatic carbocycles. The standard InChI is InChI=1S/C12H22O6S/c13-11(14)7-3-1-2-5-9-19(17,18)10-6-4-8-12(15)16/h1-10H2,(H,13,14)(H,15,16). The first-order valence-corrected chi connectivity index (χ1v) is 8.29. The molecule has 19 heavy (non-hydrogen) atoms. The van der Waals surface area contributed by atoms with Gasteiger partial charge in [-0.2, -0.15) is 0 Å². The minimum absolute atomic E-state index is 0.00467. The van der Waals surface area contributed by atoms with Gasteiger partial charge in [0.25, 0.3) is 0 Å². The van der Waals surface area contributed by atoms with Crippen molar-refractivity contribution in [2.24, 2.45) is 0 Å². The Morgan fingerprint density at radius 3 is 1.53 bits per heavy atom. The molecule has 0 spiro atoms. The van der Waals surface area contributed by atoms with Gasteiger partial charge in [0.05, 0.1) is 11.5 Å². The van der Waals surface area contributed by atoms with E-state index in [1.165, 1.54) is 0 Å². The van der Waals surface area contributed by atoms with Crippen LogP contribution in [-0.4, -0.2) is 42.1 Å². The van der Waals surface area contributed by atoms with E-state index in [2.05, 4.69) is 0 Å². The summed E-state index contributed by atoms with van der Waals surface area (Å²) in [6.07, 6.45) is 3.45. The Morgan fingerprint density at radius 2 is 1.05 bits per heavy atom. The van der Waals surface area contributed by atoms with Crippen LogP contribution < -0.4 is 0 Å². The molecule has 0 aliphatic carbocycles. The van der Waals surface area contributed by atoms with Crippen molar-refractivity contribution >= 4 is 21.8 Å². The molecule has 0 atom stereocenters. The second kappa shape index (κ2) is 9.77. The van der Waals surface area contributed by atoms with Gasteiger partial charge in [-0.25, -0.2) is 8.42 Å². The highest BCUT2D eigenvalue weighted by Crippen LogP contribution is 2.07. The van der Waals surface area contributed by atoms with Gasteiger partial charge < -0.3 is 10.2 Å². The van der Waals surface area contributed by atoms with Crippen molar-refractivity contribution in [2.75, 3.05) is 11.5 Å². The number of carboxylic acids is 2. The average molecular weight is 294 g/mol. The summed E-state index contributed by atoms with van der Waals surface area (Å²) < 4.78 is 23.1. The molecule has 7 heteroatoms. The Balaban J connectivity index is 3.56. The molecule has 0 aromatic rings. The summed E-state index contributed by atoms with van der Waals surface area (Å²) >= 11 is 0. The minimum atomic E-state index is -3.09. The lowest BCUT2D eigenvalue weighted by molar-refractivity contribution is -0.138. The molecule has 0 bridgehead atoms. The number of carbonyl (C=O) groups is 2. The highest BCUT2D eigenvalue weighted by Gasteiger charge is 2.10. The highest BCUT2D eigenvalue weighted by molar-refractivity contribution is 7.91. The number of hydrogen-bond acceptors (Lipinski definition) is 4. The smallest absolute Gasteiger partial charge is 0.303 e. The van der Waals surface area contributed by atoms with E-state index in [0.717, 1.165) is 6.42 Å². The van der Waals surface area contributed by atoms with Crippen LogP contribution in [0.15, 0.2) is 0 Å². The van der Waals surface area contributed by atoms with Crippen LogP contribution in [0.2, 0.25) is 0 Å². The number of hydrogen-bond donors (Lipinski definition) is 2. The maximum atomic E-state index is 11.6. The van der Waals surface area contributed by atoms with E-state index in [1.807, 2.05) is 0 Å². The van der Waals surface area contributed by atoms with Crippen LogP contribution in [0.5, 0.6) is 0 Å². The Labute approximate surface area is 113 Å². The fraction of sp³-hybridized carbons (Fsp3) is 0.833. The van der Waals surface area contributed by atoms with Gasteiger partial charge >= 0.3 is 11.9 Å². The van der Waals surface area contributed by atoms with Crippen molar-refractivity contribution in [2.45, 2.75) is 51.4 Å². The number of sulfone groups is 1. The molecule has 0 saturated carbocycles. The van der Waals surface area contributed by atoms with Gasteiger partial charge in [-0.05, 0) is 25.7 Å². The highest BCUT2D eigenvalue weighted by atomic mass is 32.2. The molecule has 0 aliphatic heterocycles. The fourth-order valence-corrected chi connectivity index (χ4v) is 3.14. The number of carboxylic acid groups (broad SMARTS) is 2. The van der Waals surface area contributed by atoms with Crippen LogP contribution in [0.4, 0.5) is 0 Å². The molecule has 112 valence electrons. The summed E-state index contributed by atoms with van der Waals surface area (Å²) in [6, 6.07) is 0. The molecule has 0 aromatic heterocycles. The molecule has 0 saturated heterocycles. The molecule has 2 N–H and O–H groups in total. The van der Waals surface area contributed by atoms with E-state index in [1.54, 1.807) is 0 Å². The molecule has 0 fully saturated rings. The number of aliphatic carboxylic acids is 2. The van der Waals surface area contributed by atoms with Crippen molar-refractivity contribution in [3.63, 3.8) is 0 Å². The molecule has 0 heterocycles. The van der Waals surface area contributed by atoms with Gasteiger partial charge in [-0.15, -0.1) is 0 Å². The Hall–Kier alpha value is -1.11. The third-order valence-electron chi connectivity index (χ3n) is 2.69. The second-order valence-electron chi connectivity index (χ2n) is 4.56. The topological polar surface area (TPSA) is 109 Å². The summed E-state index contributed by atoms with van der Waals surface area (Å²) in [5.41, 5.74) is 0. The zero-order chi connectivity index (χ0) is 14.7. The van der Waals surface area contributed by atoms with E-state index >= 15 is 0 Å². The van der Waals surface area contributed by atoms with E-state index in [4.69, 9.17) is 10.2 Å². The lowest BCUT2D eigenvalue weighted by Crippen LogP contribution is -2.11. The van der Waals surface area contributed by atoms with E-state index < -0.39 is 21.8 Å². The number of unbranched alkanes of at least 4 members (excludes halogenated alkanes) is 4. The Morgan fingerprint density at radius 1 is 0.684 bits per heavy atom. The monoisotopic (exact) mass is 294 g/mol. The van der Waals surface area contributed by atoms with Crippen molar-refractivity contribution in [1.82, 2.24) is 0 Å². The van der Waals surface area contributed by atoms with Crippen LogP contribution >= 0.6 is 0 Å². The summed E-state index contributed by atoms with van der Waals surface area (Å²) in [5, 5.41) is 16.8. The molecule has 0 aliphatic rings. The van der Waals surface area contributed by atoms with Crippen molar-refractivity contribution in [3.8, 4) is 0 Å². The molecule has 0 rings (SSSR count). The normalized spacial score (nSPS) is 11.4. The minimum Gasteiger partial charge on any atom is -0.481 e. The summed E-state index contributed by atoms with van der Waals surface area (Å²) in [6.45, 7) is 0. The van der Waals surface area contributed by atoms with Gasteiger partial charge in [-0.3, -0.25) is 9.59 Å². The van der Waals surface area contributed by atoms with Crippen LogP contribution in [0, 0.1) is 0 Å². The van der Waals surface area contributed by atoms with Gasteiger partial charge in [0.1, 0.15) is 9.84 Å². The van der Waals surface area contributed by atoms with Crippen molar-refractivity contribution < 1.29 is 28.2 Å². The third-order valence-corrected chi connectivity index (χ3v) is 4.51. The van der Waals surface area contributed by atoms with Crippen molar-refractivity contribution in [3.05, 3.63) is 0 Å². The largest absolute Gasteiger partial charge is 0.481 e. The zero-order valence-electron chi connectivity index (χ0n) is 11.0. The van der Waals surface area contributed by atoms with E-state index in [9.17, 15) is 18.0 Å². The predicted octanol–water partition coefficient (Wildman–Crippen LogP) is 1.69. The van der Waals surface area contributed by atoms with Gasteiger partial charge in [0, 0.05) is 12.8 Å². The first kappa shape index (κ1) is 17.9. The molecule has 0 radical (unpaired) electrons. The lowest BCUT2D eigenvalue weighted by atomic mass is 10.2. The zero-order valence-corrected chi connectivity index (χ0v) is 11.8. The summed E-state index contributed by atoms with van der Waals surface area (Å²) in [4.78, 5) is 20.5. The van der Waals surface area contributed by atoms with E-state index in [0.29, 0.717) is 32.1 Å². The van der Waals surface area contributed by atoms with Crippen molar-refractivity contribution in [1.29, 1.82) is 0 Å². The maximum absolute atomic E-state index is 11.6. The SMILES string of the molecule is O=C(O)CCCCCCS(=O)(=O)CCCCC(=O)O. The summed E-state index contributed by atoms with van der Waals surface area (Å²) in [5.74, 6) is -1.59. The molecule has 6 nitrogen and oxygen atoms in total. The van der Waals surface area contributed by atoms with Gasteiger partial charge in [-0.1, -0.05) is 12.8 Å². The van der Waals surface area contributed by atoms with Crippen LogP contribution in [0.1, 0.15) is 51.4 Å². The first-order chi connectivity index (χ1) is 8.83.